The number of hydrogen-bond donors (Lipinski definition) is 0. The van der Waals surface area contributed by atoms with E-state index in [1.165, 1.54) is 18.4 Å². The maximum Gasteiger partial charge on any atom is 0.264 e. The van der Waals surface area contributed by atoms with Gasteiger partial charge in [0, 0.05) is 32.2 Å². The average Bonchev–Trinajstić information content (AvgIpc) is 3.14. The molecule has 2 saturated heterocycles. The van der Waals surface area contributed by atoms with Gasteiger partial charge in [-0.15, -0.1) is 11.3 Å². The first-order chi connectivity index (χ1) is 10.7. The second-order valence-electron chi connectivity index (χ2n) is 6.88. The molecule has 0 unspecified atom stereocenters. The van der Waals surface area contributed by atoms with Gasteiger partial charge in [0.05, 0.1) is 18.1 Å². The molecule has 120 valence electrons. The van der Waals surface area contributed by atoms with Crippen molar-refractivity contribution in [2.75, 3.05) is 39.4 Å². The number of carbonyl (C=O) groups excluding carboxylic acids is 1. The third-order valence-electron chi connectivity index (χ3n) is 5.28. The Morgan fingerprint density at radius 1 is 1.27 bits per heavy atom. The van der Waals surface area contributed by atoms with Crippen LogP contribution in [0.3, 0.4) is 0 Å². The summed E-state index contributed by atoms with van der Waals surface area (Å²) in [5, 5.41) is 2.08. The Labute approximate surface area is 136 Å². The second-order valence-corrected chi connectivity index (χ2v) is 7.80. The van der Waals surface area contributed by atoms with E-state index in [0.717, 1.165) is 44.3 Å². The molecule has 0 spiro atoms. The minimum atomic E-state index is 0.263. The Kier molecular flexibility index (Phi) is 3.96. The summed E-state index contributed by atoms with van der Waals surface area (Å²) in [6.45, 7) is 7.71. The van der Waals surface area contributed by atoms with Crippen molar-refractivity contribution in [2.24, 2.45) is 5.92 Å². The van der Waals surface area contributed by atoms with Gasteiger partial charge >= 0.3 is 0 Å². The molecule has 1 amide bonds. The lowest BCUT2D eigenvalue weighted by Crippen LogP contribution is -2.47. The molecule has 5 heteroatoms. The van der Waals surface area contributed by atoms with E-state index < -0.39 is 0 Å². The first-order valence-electron chi connectivity index (χ1n) is 8.42. The summed E-state index contributed by atoms with van der Waals surface area (Å²) in [4.78, 5) is 18.5. The highest BCUT2D eigenvalue weighted by molar-refractivity contribution is 7.12. The minimum absolute atomic E-state index is 0.263. The number of ether oxygens (including phenoxy) is 1. The number of carbonyl (C=O) groups is 1. The van der Waals surface area contributed by atoms with Crippen molar-refractivity contribution < 1.29 is 9.53 Å². The summed E-state index contributed by atoms with van der Waals surface area (Å²) in [5.41, 5.74) is 1.30. The Hall–Kier alpha value is -0.910. The van der Waals surface area contributed by atoms with Gasteiger partial charge in [0.25, 0.3) is 5.91 Å². The van der Waals surface area contributed by atoms with Crippen LogP contribution in [-0.2, 0) is 4.74 Å². The smallest absolute Gasteiger partial charge is 0.264 e. The number of amides is 1. The quantitative estimate of drug-likeness (QED) is 0.857. The molecular formula is C17H24N2O2S. The Morgan fingerprint density at radius 2 is 2.05 bits per heavy atom. The van der Waals surface area contributed by atoms with E-state index in [9.17, 15) is 4.79 Å². The number of likely N-dealkylation sites (tertiary alicyclic amines) is 1. The highest BCUT2D eigenvalue weighted by Gasteiger charge is 2.38. The summed E-state index contributed by atoms with van der Waals surface area (Å²) >= 11 is 1.63. The van der Waals surface area contributed by atoms with E-state index >= 15 is 0 Å². The zero-order valence-electron chi connectivity index (χ0n) is 13.2. The Bertz CT molecular complexity index is 549. The molecule has 4 rings (SSSR count). The van der Waals surface area contributed by atoms with Gasteiger partial charge in [-0.1, -0.05) is 6.92 Å². The molecule has 3 heterocycles. The molecular weight excluding hydrogens is 296 g/mol. The summed E-state index contributed by atoms with van der Waals surface area (Å²) in [6, 6.07) is 2.66. The van der Waals surface area contributed by atoms with Crippen molar-refractivity contribution in [3.05, 3.63) is 21.9 Å². The SMILES string of the molecule is C[C@H]1CN(C(=O)c2sccc2C2CC2)C[C@H]1N1CCOCC1. The number of nitrogens with zero attached hydrogens (tertiary/aromatic N) is 2. The molecule has 2 aliphatic heterocycles. The lowest BCUT2D eigenvalue weighted by Gasteiger charge is -2.33. The van der Waals surface area contributed by atoms with Crippen LogP contribution in [0.4, 0.5) is 0 Å². The van der Waals surface area contributed by atoms with Crippen molar-refractivity contribution in [2.45, 2.75) is 31.7 Å². The zero-order valence-corrected chi connectivity index (χ0v) is 14.0. The molecule has 4 nitrogen and oxygen atoms in total. The van der Waals surface area contributed by atoms with Gasteiger partial charge in [0.2, 0.25) is 0 Å². The van der Waals surface area contributed by atoms with Crippen molar-refractivity contribution in [1.82, 2.24) is 9.80 Å². The van der Waals surface area contributed by atoms with Crippen LogP contribution in [0.1, 0.15) is 40.9 Å². The van der Waals surface area contributed by atoms with E-state index in [0.29, 0.717) is 17.9 Å². The molecule has 0 radical (unpaired) electrons. The first kappa shape index (κ1) is 14.7. The fourth-order valence-electron chi connectivity index (χ4n) is 3.85. The molecule has 0 bridgehead atoms. The highest BCUT2D eigenvalue weighted by Crippen LogP contribution is 2.43. The van der Waals surface area contributed by atoms with Crippen LogP contribution in [0, 0.1) is 5.92 Å². The van der Waals surface area contributed by atoms with Gasteiger partial charge in [-0.05, 0) is 41.7 Å². The molecule has 1 saturated carbocycles. The molecule has 3 aliphatic rings. The molecule has 1 aromatic rings. The monoisotopic (exact) mass is 320 g/mol. The van der Waals surface area contributed by atoms with E-state index in [-0.39, 0.29) is 5.91 Å². The third kappa shape index (κ3) is 2.70. The number of morpholine rings is 1. The van der Waals surface area contributed by atoms with E-state index in [1.54, 1.807) is 11.3 Å². The van der Waals surface area contributed by atoms with Crippen molar-refractivity contribution in [1.29, 1.82) is 0 Å². The predicted octanol–water partition coefficient (Wildman–Crippen LogP) is 2.42. The van der Waals surface area contributed by atoms with Gasteiger partial charge in [-0.25, -0.2) is 0 Å². The molecule has 22 heavy (non-hydrogen) atoms. The minimum Gasteiger partial charge on any atom is -0.379 e. The average molecular weight is 320 g/mol. The molecule has 0 aromatic carbocycles. The Balaban J connectivity index is 1.46. The second kappa shape index (κ2) is 5.95. The lowest BCUT2D eigenvalue weighted by molar-refractivity contribution is 0.0119. The van der Waals surface area contributed by atoms with Gasteiger partial charge in [0.15, 0.2) is 0 Å². The van der Waals surface area contributed by atoms with E-state index in [1.807, 2.05) is 0 Å². The van der Waals surface area contributed by atoms with E-state index in [4.69, 9.17) is 4.74 Å². The molecule has 3 fully saturated rings. The maximum absolute atomic E-state index is 12.9. The molecule has 1 aromatic heterocycles. The lowest BCUT2D eigenvalue weighted by atomic mass is 10.0. The number of rotatable bonds is 3. The van der Waals surface area contributed by atoms with Gasteiger partial charge in [-0.2, -0.15) is 0 Å². The number of thiophene rings is 1. The maximum atomic E-state index is 12.9. The van der Waals surface area contributed by atoms with Crippen LogP contribution in [0.5, 0.6) is 0 Å². The van der Waals surface area contributed by atoms with E-state index in [2.05, 4.69) is 28.2 Å². The fourth-order valence-corrected chi connectivity index (χ4v) is 4.80. The van der Waals surface area contributed by atoms with Crippen LogP contribution in [-0.4, -0.2) is 61.1 Å². The summed E-state index contributed by atoms with van der Waals surface area (Å²) in [5.74, 6) is 1.46. The highest BCUT2D eigenvalue weighted by atomic mass is 32.1. The van der Waals surface area contributed by atoms with Gasteiger partial charge in [0.1, 0.15) is 0 Å². The van der Waals surface area contributed by atoms with Gasteiger partial charge in [-0.3, -0.25) is 9.69 Å². The zero-order chi connectivity index (χ0) is 15.1. The van der Waals surface area contributed by atoms with Crippen molar-refractivity contribution in [3.8, 4) is 0 Å². The van der Waals surface area contributed by atoms with Crippen LogP contribution >= 0.6 is 11.3 Å². The Morgan fingerprint density at radius 3 is 2.77 bits per heavy atom. The molecule has 0 N–H and O–H groups in total. The van der Waals surface area contributed by atoms with Crippen LogP contribution in [0.25, 0.3) is 0 Å². The molecule has 1 aliphatic carbocycles. The number of hydrogen-bond acceptors (Lipinski definition) is 4. The van der Waals surface area contributed by atoms with Crippen molar-refractivity contribution >= 4 is 17.2 Å². The van der Waals surface area contributed by atoms with Gasteiger partial charge < -0.3 is 9.64 Å². The standard InChI is InChI=1S/C17H24N2O2S/c1-12-10-19(11-15(12)18-5-7-21-8-6-18)17(20)16-14(4-9-22-16)13-2-3-13/h4,9,12-13,15H,2-3,5-8,10-11H2,1H3/t12-,15+/m0/s1. The van der Waals surface area contributed by atoms with Crippen molar-refractivity contribution in [3.63, 3.8) is 0 Å². The topological polar surface area (TPSA) is 32.8 Å². The first-order valence-corrected chi connectivity index (χ1v) is 9.30. The van der Waals surface area contributed by atoms with Crippen LogP contribution in [0.2, 0.25) is 0 Å². The largest absolute Gasteiger partial charge is 0.379 e. The summed E-state index contributed by atoms with van der Waals surface area (Å²) in [7, 11) is 0. The predicted molar refractivity (Wildman–Crippen MR) is 87.5 cm³/mol. The van der Waals surface area contributed by atoms with Crippen LogP contribution in [0.15, 0.2) is 11.4 Å². The summed E-state index contributed by atoms with van der Waals surface area (Å²) < 4.78 is 5.46. The molecule has 2 atom stereocenters. The fraction of sp³-hybridized carbons (Fsp3) is 0.706. The summed E-state index contributed by atoms with van der Waals surface area (Å²) in [6.07, 6.45) is 2.51. The van der Waals surface area contributed by atoms with Crippen LogP contribution < -0.4 is 0 Å². The third-order valence-corrected chi connectivity index (χ3v) is 6.20. The normalized spacial score (nSPS) is 30.0.